The first-order valence-electron chi connectivity index (χ1n) is 7.93. The van der Waals surface area contributed by atoms with E-state index >= 15 is 0 Å². The highest BCUT2D eigenvalue weighted by molar-refractivity contribution is 5.93. The van der Waals surface area contributed by atoms with Gasteiger partial charge in [-0.15, -0.1) is 0 Å². The number of hydrogen-bond acceptors (Lipinski definition) is 3. The Morgan fingerprint density at radius 3 is 2.30 bits per heavy atom. The molecule has 4 fully saturated rings. The van der Waals surface area contributed by atoms with Crippen molar-refractivity contribution >= 4 is 5.78 Å². The van der Waals surface area contributed by atoms with Gasteiger partial charge in [-0.1, -0.05) is 0 Å². The number of Topliss-reactive ketones (excluding diaryl/α,β-unsaturated/α-hetero) is 1. The predicted molar refractivity (Wildman–Crippen MR) is 74.6 cm³/mol. The van der Waals surface area contributed by atoms with Crippen molar-refractivity contribution < 1.29 is 14.3 Å². The summed E-state index contributed by atoms with van der Waals surface area (Å²) in [6, 6.07) is 3.84. The van der Waals surface area contributed by atoms with Gasteiger partial charge >= 0.3 is 0 Å². The lowest BCUT2D eigenvalue weighted by Gasteiger charge is -2.55. The molecule has 0 saturated heterocycles. The van der Waals surface area contributed by atoms with Crippen LogP contribution in [0.3, 0.4) is 0 Å². The smallest absolute Gasteiger partial charge is 0.200 e. The van der Waals surface area contributed by atoms with Gasteiger partial charge in [0.05, 0.1) is 6.61 Å². The number of carbonyl (C=O) groups excluding carboxylic acids is 1. The van der Waals surface area contributed by atoms with E-state index in [9.17, 15) is 4.79 Å². The molecule has 5 rings (SSSR count). The van der Waals surface area contributed by atoms with Crippen LogP contribution in [0.15, 0.2) is 16.5 Å². The fourth-order valence-corrected chi connectivity index (χ4v) is 5.41. The van der Waals surface area contributed by atoms with Gasteiger partial charge in [0.25, 0.3) is 0 Å². The summed E-state index contributed by atoms with van der Waals surface area (Å²) in [5.74, 6) is 4.03. The molecule has 1 aromatic rings. The van der Waals surface area contributed by atoms with E-state index < -0.39 is 0 Å². The number of aliphatic hydroxyl groups excluding tert-OH is 1. The van der Waals surface area contributed by atoms with Crippen LogP contribution in [0.1, 0.15) is 61.3 Å². The minimum atomic E-state index is -0.105. The lowest BCUT2D eigenvalue weighted by atomic mass is 9.49. The van der Waals surface area contributed by atoms with Gasteiger partial charge in [-0.25, -0.2) is 0 Å². The van der Waals surface area contributed by atoms with Crippen LogP contribution in [0.25, 0.3) is 0 Å². The average molecular weight is 274 g/mol. The molecule has 1 aromatic heterocycles. The maximum Gasteiger partial charge on any atom is 0.200 e. The van der Waals surface area contributed by atoms with Gasteiger partial charge in [-0.2, -0.15) is 0 Å². The highest BCUT2D eigenvalue weighted by Crippen LogP contribution is 2.60. The van der Waals surface area contributed by atoms with Crippen molar-refractivity contribution in [2.45, 2.75) is 50.4 Å². The average Bonchev–Trinajstić information content (AvgIpc) is 2.87. The van der Waals surface area contributed by atoms with Crippen LogP contribution >= 0.6 is 0 Å². The summed E-state index contributed by atoms with van der Waals surface area (Å²) in [6.45, 7) is -0.105. The third-order valence-electron chi connectivity index (χ3n) is 5.78. The summed E-state index contributed by atoms with van der Waals surface area (Å²) in [6.07, 6.45) is 8.15. The Morgan fingerprint density at radius 1 is 1.15 bits per heavy atom. The Labute approximate surface area is 119 Å². The molecule has 3 heteroatoms. The second-order valence-corrected chi connectivity index (χ2v) is 7.26. The molecular formula is C17H22O3. The molecule has 108 valence electrons. The lowest BCUT2D eigenvalue weighted by molar-refractivity contribution is -0.0154. The molecule has 0 amide bonds. The molecule has 4 aliphatic rings. The summed E-state index contributed by atoms with van der Waals surface area (Å²) >= 11 is 0. The summed E-state index contributed by atoms with van der Waals surface area (Å²) in [7, 11) is 0. The molecule has 0 aliphatic heterocycles. The quantitative estimate of drug-likeness (QED) is 0.857. The zero-order valence-corrected chi connectivity index (χ0v) is 11.8. The minimum Gasteiger partial charge on any atom is -0.457 e. The van der Waals surface area contributed by atoms with E-state index in [2.05, 4.69) is 0 Å². The molecule has 20 heavy (non-hydrogen) atoms. The normalized spacial score (nSPS) is 38.4. The molecular weight excluding hydrogens is 252 g/mol. The highest BCUT2D eigenvalue weighted by Gasteiger charge is 2.53. The second-order valence-electron chi connectivity index (χ2n) is 7.26. The highest BCUT2D eigenvalue weighted by atomic mass is 16.3. The second kappa shape index (κ2) is 4.45. The Balaban J connectivity index is 1.62. The molecule has 1 heterocycles. The van der Waals surface area contributed by atoms with Crippen LogP contribution < -0.4 is 0 Å². The number of ketones is 1. The molecule has 0 radical (unpaired) electrons. The molecule has 4 saturated carbocycles. The first kappa shape index (κ1) is 12.6. The molecule has 3 nitrogen and oxygen atoms in total. The number of aliphatic hydroxyl groups is 1. The summed E-state index contributed by atoms with van der Waals surface area (Å²) < 4.78 is 5.92. The van der Waals surface area contributed by atoms with Gasteiger partial charge < -0.3 is 9.52 Å². The molecule has 0 atom stereocenters. The largest absolute Gasteiger partial charge is 0.457 e. The van der Waals surface area contributed by atoms with E-state index in [4.69, 9.17) is 9.52 Å². The van der Waals surface area contributed by atoms with E-state index in [1.807, 2.05) is 12.1 Å². The number of carbonyl (C=O) groups is 1. The van der Waals surface area contributed by atoms with E-state index in [0.717, 1.165) is 23.5 Å². The third kappa shape index (κ3) is 1.86. The first-order valence-corrected chi connectivity index (χ1v) is 7.93. The van der Waals surface area contributed by atoms with Gasteiger partial charge in [-0.05, 0) is 68.4 Å². The van der Waals surface area contributed by atoms with Crippen molar-refractivity contribution in [3.8, 4) is 0 Å². The first-order chi connectivity index (χ1) is 9.68. The summed E-state index contributed by atoms with van der Waals surface area (Å²) in [4.78, 5) is 11.8. The van der Waals surface area contributed by atoms with Crippen LogP contribution in [-0.4, -0.2) is 17.5 Å². The molecule has 4 bridgehead atoms. The van der Waals surface area contributed by atoms with Gasteiger partial charge in [0.15, 0.2) is 11.5 Å². The zero-order chi connectivity index (χ0) is 13.7. The van der Waals surface area contributed by atoms with Gasteiger partial charge in [0, 0.05) is 11.8 Å². The van der Waals surface area contributed by atoms with E-state index in [1.165, 1.54) is 38.5 Å². The van der Waals surface area contributed by atoms with Crippen LogP contribution in [0, 0.1) is 17.8 Å². The fraction of sp³-hybridized carbons (Fsp3) is 0.706. The van der Waals surface area contributed by atoms with Crippen molar-refractivity contribution in [2.75, 3.05) is 6.61 Å². The van der Waals surface area contributed by atoms with Crippen LogP contribution in [0.4, 0.5) is 0 Å². The SMILES string of the molecule is O=C(CCO)c1ccc(C23CC4CC(CC(C4)C2)C3)o1. The molecule has 1 N–H and O–H groups in total. The number of furan rings is 1. The van der Waals surface area contributed by atoms with Crippen LogP contribution in [0.2, 0.25) is 0 Å². The Morgan fingerprint density at radius 2 is 1.75 bits per heavy atom. The predicted octanol–water partition coefficient (Wildman–Crippen LogP) is 3.31. The van der Waals surface area contributed by atoms with E-state index in [0.29, 0.717) is 5.76 Å². The summed E-state index contributed by atoms with van der Waals surface area (Å²) in [5, 5.41) is 8.87. The van der Waals surface area contributed by atoms with Gasteiger partial charge in [0.1, 0.15) is 5.76 Å². The van der Waals surface area contributed by atoms with Crippen LogP contribution in [0.5, 0.6) is 0 Å². The minimum absolute atomic E-state index is 0.0801. The van der Waals surface area contributed by atoms with Gasteiger partial charge in [0.2, 0.25) is 0 Å². The van der Waals surface area contributed by atoms with Crippen molar-refractivity contribution in [1.82, 2.24) is 0 Å². The lowest BCUT2D eigenvalue weighted by Crippen LogP contribution is -2.48. The maximum absolute atomic E-state index is 11.8. The number of hydrogen-bond donors (Lipinski definition) is 1. The van der Waals surface area contributed by atoms with E-state index in [-0.39, 0.29) is 24.2 Å². The maximum atomic E-state index is 11.8. The van der Waals surface area contributed by atoms with Crippen LogP contribution in [-0.2, 0) is 5.41 Å². The molecule has 0 spiro atoms. The van der Waals surface area contributed by atoms with Crippen molar-refractivity contribution in [1.29, 1.82) is 0 Å². The van der Waals surface area contributed by atoms with E-state index in [1.54, 1.807) is 0 Å². The fourth-order valence-electron chi connectivity index (χ4n) is 5.41. The topological polar surface area (TPSA) is 50.4 Å². The molecule has 0 aromatic carbocycles. The van der Waals surface area contributed by atoms with Gasteiger partial charge in [-0.3, -0.25) is 4.79 Å². The Bertz CT molecular complexity index is 493. The Hall–Kier alpha value is -1.09. The van der Waals surface area contributed by atoms with Crippen molar-refractivity contribution in [3.05, 3.63) is 23.7 Å². The monoisotopic (exact) mass is 274 g/mol. The van der Waals surface area contributed by atoms with Crippen molar-refractivity contribution in [3.63, 3.8) is 0 Å². The zero-order valence-electron chi connectivity index (χ0n) is 11.8. The third-order valence-corrected chi connectivity index (χ3v) is 5.78. The molecule has 4 aliphatic carbocycles. The molecule has 0 unspecified atom stereocenters. The Kier molecular flexibility index (Phi) is 2.81. The summed E-state index contributed by atoms with van der Waals surface area (Å²) in [5.41, 5.74) is 0.215. The van der Waals surface area contributed by atoms with Crippen molar-refractivity contribution in [2.24, 2.45) is 17.8 Å². The standard InChI is InChI=1S/C17H22O3/c18-4-3-14(19)15-1-2-16(20-15)17-8-11-5-12(9-17)7-13(6-11)10-17/h1-2,11-13,18H,3-10H2. The number of rotatable bonds is 4.